The molecule has 7 nitrogen and oxygen atoms in total. The molecule has 2 amide bonds. The summed E-state index contributed by atoms with van der Waals surface area (Å²) in [5.74, 6) is -1.31. The molecule has 2 aliphatic rings. The molecule has 4 rings (SSSR count). The standard InChI is InChI=1S/C19H18FN5O2/c20-14-8-4-5-9-15(14)22-18(26)11-24-19(27)17-10-16(23-25(17)12-21-24)13-6-2-1-3-7-13/h1-9,12,16-17,23H,10-11H2,(H,22,26). The van der Waals surface area contributed by atoms with Gasteiger partial charge in [0.2, 0.25) is 5.91 Å². The SMILES string of the molecule is O=C(CN1N=CN2NC(c3ccccc3)CC2C1=O)Nc1ccccc1F. The molecule has 2 atom stereocenters. The van der Waals surface area contributed by atoms with Gasteiger partial charge in [-0.2, -0.15) is 5.10 Å². The van der Waals surface area contributed by atoms with Gasteiger partial charge in [-0.25, -0.2) is 14.8 Å². The van der Waals surface area contributed by atoms with E-state index in [0.29, 0.717) is 6.42 Å². The number of halogens is 1. The van der Waals surface area contributed by atoms with E-state index in [1.165, 1.54) is 24.5 Å². The summed E-state index contributed by atoms with van der Waals surface area (Å²) in [4.78, 5) is 24.9. The molecule has 0 radical (unpaired) electrons. The van der Waals surface area contributed by atoms with E-state index in [2.05, 4.69) is 15.8 Å². The van der Waals surface area contributed by atoms with Crippen LogP contribution in [0.4, 0.5) is 10.1 Å². The topological polar surface area (TPSA) is 77.0 Å². The minimum absolute atomic E-state index is 0.00112. The van der Waals surface area contributed by atoms with Crippen molar-refractivity contribution >= 4 is 23.8 Å². The minimum atomic E-state index is -0.531. The molecule has 2 aliphatic heterocycles. The van der Waals surface area contributed by atoms with Gasteiger partial charge in [0.25, 0.3) is 5.91 Å². The third kappa shape index (κ3) is 3.52. The van der Waals surface area contributed by atoms with Crippen LogP contribution in [-0.2, 0) is 9.59 Å². The minimum Gasteiger partial charge on any atom is -0.322 e. The number of fused-ring (bicyclic) bond motifs is 1. The van der Waals surface area contributed by atoms with E-state index in [4.69, 9.17) is 0 Å². The number of anilines is 1. The Hall–Kier alpha value is -3.26. The zero-order chi connectivity index (χ0) is 18.8. The van der Waals surface area contributed by atoms with Gasteiger partial charge in [0, 0.05) is 0 Å². The number of hydrogen-bond donors (Lipinski definition) is 2. The van der Waals surface area contributed by atoms with Crippen LogP contribution in [0.5, 0.6) is 0 Å². The lowest BCUT2D eigenvalue weighted by molar-refractivity contribution is -0.139. The van der Waals surface area contributed by atoms with Crippen molar-refractivity contribution in [1.82, 2.24) is 15.4 Å². The average Bonchev–Trinajstić information content (AvgIpc) is 3.12. The van der Waals surface area contributed by atoms with Crippen molar-refractivity contribution in [1.29, 1.82) is 0 Å². The summed E-state index contributed by atoms with van der Waals surface area (Å²) in [5, 5.41) is 9.30. The lowest BCUT2D eigenvalue weighted by Crippen LogP contribution is -2.52. The first-order valence-electron chi connectivity index (χ1n) is 8.61. The van der Waals surface area contributed by atoms with Crippen LogP contribution >= 0.6 is 0 Å². The third-order valence-corrected chi connectivity index (χ3v) is 4.60. The number of amides is 2. The number of carbonyl (C=O) groups excluding carboxylic acids is 2. The van der Waals surface area contributed by atoms with Gasteiger partial charge in [0.15, 0.2) is 0 Å². The fraction of sp³-hybridized carbons (Fsp3) is 0.211. The second-order valence-electron chi connectivity index (χ2n) is 6.41. The zero-order valence-electron chi connectivity index (χ0n) is 14.4. The Morgan fingerprint density at radius 1 is 1.19 bits per heavy atom. The van der Waals surface area contributed by atoms with Gasteiger partial charge >= 0.3 is 0 Å². The quantitative estimate of drug-likeness (QED) is 0.865. The molecule has 138 valence electrons. The summed E-state index contributed by atoms with van der Waals surface area (Å²) < 4.78 is 13.6. The highest BCUT2D eigenvalue weighted by atomic mass is 19.1. The molecule has 2 unspecified atom stereocenters. The number of carbonyl (C=O) groups is 2. The Morgan fingerprint density at radius 2 is 1.93 bits per heavy atom. The number of benzene rings is 2. The van der Waals surface area contributed by atoms with Gasteiger partial charge in [-0.3, -0.25) is 14.6 Å². The molecule has 2 heterocycles. The maximum atomic E-state index is 13.6. The Bertz CT molecular complexity index is 889. The molecule has 0 saturated carbocycles. The second-order valence-corrected chi connectivity index (χ2v) is 6.41. The Balaban J connectivity index is 1.41. The number of nitrogens with zero attached hydrogens (tertiary/aromatic N) is 3. The van der Waals surface area contributed by atoms with Gasteiger partial charge in [-0.05, 0) is 24.1 Å². The maximum absolute atomic E-state index is 13.6. The predicted molar refractivity (Wildman–Crippen MR) is 97.8 cm³/mol. The van der Waals surface area contributed by atoms with E-state index in [0.717, 1.165) is 10.6 Å². The number of nitrogens with one attached hydrogen (secondary N) is 2. The third-order valence-electron chi connectivity index (χ3n) is 4.60. The molecule has 27 heavy (non-hydrogen) atoms. The number of hydrazone groups is 1. The molecule has 2 aromatic rings. The lowest BCUT2D eigenvalue weighted by Gasteiger charge is -2.29. The Morgan fingerprint density at radius 3 is 2.70 bits per heavy atom. The van der Waals surface area contributed by atoms with Crippen molar-refractivity contribution in [2.75, 3.05) is 11.9 Å². The highest BCUT2D eigenvalue weighted by Crippen LogP contribution is 2.29. The van der Waals surface area contributed by atoms with Crippen molar-refractivity contribution < 1.29 is 14.0 Å². The molecule has 1 fully saturated rings. The van der Waals surface area contributed by atoms with Gasteiger partial charge in [-0.1, -0.05) is 42.5 Å². The zero-order valence-corrected chi connectivity index (χ0v) is 14.4. The van der Waals surface area contributed by atoms with Crippen molar-refractivity contribution in [2.24, 2.45) is 5.10 Å². The van der Waals surface area contributed by atoms with Crippen molar-refractivity contribution in [3.63, 3.8) is 0 Å². The maximum Gasteiger partial charge on any atom is 0.267 e. The van der Waals surface area contributed by atoms with Gasteiger partial charge in [0.05, 0.1) is 11.7 Å². The Kier molecular flexibility index (Phi) is 4.55. The summed E-state index contributed by atoms with van der Waals surface area (Å²) in [6.45, 7) is -0.274. The second kappa shape index (κ2) is 7.16. The van der Waals surface area contributed by atoms with Crippen LogP contribution in [0.15, 0.2) is 59.7 Å². The van der Waals surface area contributed by atoms with Crippen LogP contribution in [0.25, 0.3) is 0 Å². The molecule has 8 heteroatoms. The molecule has 1 saturated heterocycles. The largest absolute Gasteiger partial charge is 0.322 e. The van der Waals surface area contributed by atoms with Crippen molar-refractivity contribution in [3.05, 3.63) is 66.0 Å². The molecule has 2 aromatic carbocycles. The highest BCUT2D eigenvalue weighted by Gasteiger charge is 2.41. The van der Waals surface area contributed by atoms with Crippen LogP contribution in [0, 0.1) is 5.82 Å². The lowest BCUT2D eigenvalue weighted by atomic mass is 10.0. The number of rotatable bonds is 4. The normalized spacial score (nSPS) is 21.3. The van der Waals surface area contributed by atoms with E-state index in [-0.39, 0.29) is 24.2 Å². The number of hydrazine groups is 1. The summed E-state index contributed by atoms with van der Waals surface area (Å²) >= 11 is 0. The van der Waals surface area contributed by atoms with Crippen LogP contribution in [-0.4, -0.2) is 40.8 Å². The number of para-hydroxylation sites is 1. The van der Waals surface area contributed by atoms with E-state index in [1.807, 2.05) is 30.3 Å². The fourth-order valence-electron chi connectivity index (χ4n) is 3.24. The first-order valence-corrected chi connectivity index (χ1v) is 8.61. The fourth-order valence-corrected chi connectivity index (χ4v) is 3.24. The molecule has 0 bridgehead atoms. The molecular formula is C19H18FN5O2. The molecule has 2 N–H and O–H groups in total. The summed E-state index contributed by atoms with van der Waals surface area (Å²) in [6, 6.07) is 15.3. The van der Waals surface area contributed by atoms with Crippen LogP contribution < -0.4 is 10.7 Å². The molecular weight excluding hydrogens is 349 g/mol. The highest BCUT2D eigenvalue weighted by molar-refractivity contribution is 5.96. The van der Waals surface area contributed by atoms with E-state index < -0.39 is 17.8 Å². The van der Waals surface area contributed by atoms with Gasteiger partial charge in [0.1, 0.15) is 24.7 Å². The smallest absolute Gasteiger partial charge is 0.267 e. The number of hydrogen-bond acceptors (Lipinski definition) is 5. The van der Waals surface area contributed by atoms with E-state index in [9.17, 15) is 14.0 Å². The summed E-state index contributed by atoms with van der Waals surface area (Å²) in [7, 11) is 0. The van der Waals surface area contributed by atoms with Gasteiger partial charge < -0.3 is 5.32 Å². The molecule has 0 spiro atoms. The summed E-state index contributed by atoms with van der Waals surface area (Å²) in [6.07, 6.45) is 2.08. The Labute approximate surface area is 155 Å². The van der Waals surface area contributed by atoms with Crippen molar-refractivity contribution in [2.45, 2.75) is 18.5 Å². The van der Waals surface area contributed by atoms with Gasteiger partial charge in [-0.15, -0.1) is 0 Å². The van der Waals surface area contributed by atoms with E-state index in [1.54, 1.807) is 11.1 Å². The molecule has 0 aliphatic carbocycles. The van der Waals surface area contributed by atoms with Crippen molar-refractivity contribution in [3.8, 4) is 0 Å². The van der Waals surface area contributed by atoms with E-state index >= 15 is 0 Å². The monoisotopic (exact) mass is 367 g/mol. The predicted octanol–water partition coefficient (Wildman–Crippen LogP) is 1.87. The van der Waals surface area contributed by atoms with Crippen LogP contribution in [0.3, 0.4) is 0 Å². The van der Waals surface area contributed by atoms with Crippen LogP contribution in [0.1, 0.15) is 18.0 Å². The van der Waals surface area contributed by atoms with Crippen LogP contribution in [0.2, 0.25) is 0 Å². The molecule has 0 aromatic heterocycles. The average molecular weight is 367 g/mol. The first kappa shape index (κ1) is 17.2. The summed E-state index contributed by atoms with van der Waals surface area (Å²) in [5.41, 5.74) is 4.40. The first-order chi connectivity index (χ1) is 13.1.